The zero-order chi connectivity index (χ0) is 4.99. The number of rotatable bonds is 2. The molecule has 0 aromatic heterocycles. The van der Waals surface area contributed by atoms with Crippen molar-refractivity contribution in [1.82, 2.24) is 0 Å². The van der Waals surface area contributed by atoms with Crippen molar-refractivity contribution in [3.63, 3.8) is 0 Å². The molecule has 47 valence electrons. The summed E-state index contributed by atoms with van der Waals surface area (Å²) in [6, 6.07) is 0. The van der Waals surface area contributed by atoms with Crippen LogP contribution in [-0.2, 0) is 26.3 Å². The van der Waals surface area contributed by atoms with E-state index in [1.54, 1.807) is 21.1 Å². The molecule has 0 bridgehead atoms. The Hall–Kier alpha value is 0.426. The topological polar surface area (TPSA) is 18.5 Å². The van der Waals surface area contributed by atoms with Crippen molar-refractivity contribution in [2.24, 2.45) is 0 Å². The van der Waals surface area contributed by atoms with Crippen LogP contribution < -0.4 is 0 Å². The standard InChI is InChI=1S/C4H9O2.Co/c1-4(5-2)6-3;/h1-3H3;/q-1;. The van der Waals surface area contributed by atoms with Gasteiger partial charge in [0.1, 0.15) is 0 Å². The van der Waals surface area contributed by atoms with Gasteiger partial charge in [-0.1, -0.05) is 6.29 Å². The molecule has 3 heteroatoms. The quantitative estimate of drug-likeness (QED) is 0.539. The van der Waals surface area contributed by atoms with Crippen molar-refractivity contribution in [3.8, 4) is 0 Å². The second-order valence-corrected chi connectivity index (χ2v) is 0.900. The van der Waals surface area contributed by atoms with Gasteiger partial charge < -0.3 is 9.47 Å². The molecule has 0 aliphatic rings. The van der Waals surface area contributed by atoms with E-state index in [4.69, 9.17) is 0 Å². The molecule has 7 heavy (non-hydrogen) atoms. The predicted molar refractivity (Wildman–Crippen MR) is 22.9 cm³/mol. The monoisotopic (exact) mass is 148 g/mol. The van der Waals surface area contributed by atoms with Crippen LogP contribution in [0.25, 0.3) is 0 Å². The molecule has 0 spiro atoms. The van der Waals surface area contributed by atoms with Crippen LogP contribution in [0.1, 0.15) is 6.92 Å². The molecule has 0 aromatic carbocycles. The van der Waals surface area contributed by atoms with Crippen molar-refractivity contribution >= 4 is 0 Å². The molecular weight excluding hydrogens is 139 g/mol. The number of hydrogen-bond donors (Lipinski definition) is 0. The van der Waals surface area contributed by atoms with Gasteiger partial charge in [0.2, 0.25) is 0 Å². The van der Waals surface area contributed by atoms with E-state index in [1.807, 2.05) is 0 Å². The Morgan fingerprint density at radius 3 is 1.43 bits per heavy atom. The van der Waals surface area contributed by atoms with E-state index >= 15 is 0 Å². The van der Waals surface area contributed by atoms with Gasteiger partial charge in [0.15, 0.2) is 0 Å². The van der Waals surface area contributed by atoms with Crippen LogP contribution in [0.5, 0.6) is 0 Å². The normalized spacial score (nSPS) is 8.57. The van der Waals surface area contributed by atoms with Crippen molar-refractivity contribution < 1.29 is 26.3 Å². The molecule has 0 unspecified atom stereocenters. The summed E-state index contributed by atoms with van der Waals surface area (Å²) in [6.07, 6.45) is 0.593. The van der Waals surface area contributed by atoms with Crippen LogP contribution in [0.3, 0.4) is 0 Å². The average molecular weight is 148 g/mol. The SMILES string of the molecule is CO[C-](C)OC.[Co]. The maximum atomic E-state index is 4.59. The van der Waals surface area contributed by atoms with Gasteiger partial charge in [0, 0.05) is 31.0 Å². The molecule has 0 heterocycles. The van der Waals surface area contributed by atoms with Gasteiger partial charge in [0.25, 0.3) is 0 Å². The van der Waals surface area contributed by atoms with E-state index in [0.717, 1.165) is 0 Å². The van der Waals surface area contributed by atoms with Gasteiger partial charge in [-0.15, -0.1) is 6.92 Å². The van der Waals surface area contributed by atoms with Crippen LogP contribution in [0.4, 0.5) is 0 Å². The average Bonchev–Trinajstić information content (AvgIpc) is 1.65. The molecule has 0 N–H and O–H groups in total. The Morgan fingerprint density at radius 1 is 1.14 bits per heavy atom. The first-order valence-electron chi connectivity index (χ1n) is 1.72. The van der Waals surface area contributed by atoms with E-state index in [0.29, 0.717) is 6.29 Å². The minimum atomic E-state index is 0. The summed E-state index contributed by atoms with van der Waals surface area (Å²) in [5.74, 6) is 0. The third-order valence-electron chi connectivity index (χ3n) is 0.575. The second-order valence-electron chi connectivity index (χ2n) is 0.900. The summed E-state index contributed by atoms with van der Waals surface area (Å²) in [5, 5.41) is 0. The number of ether oxygens (including phenoxy) is 2. The summed E-state index contributed by atoms with van der Waals surface area (Å²) in [7, 11) is 3.14. The van der Waals surface area contributed by atoms with Crippen LogP contribution in [0.2, 0.25) is 0 Å². The summed E-state index contributed by atoms with van der Waals surface area (Å²) in [5.41, 5.74) is 0. The summed E-state index contributed by atoms with van der Waals surface area (Å²) < 4.78 is 9.19. The maximum absolute atomic E-state index is 4.59. The van der Waals surface area contributed by atoms with Crippen molar-refractivity contribution in [2.45, 2.75) is 6.92 Å². The Kier molecular flexibility index (Phi) is 9.56. The molecule has 2 nitrogen and oxygen atoms in total. The van der Waals surface area contributed by atoms with E-state index in [2.05, 4.69) is 9.47 Å². The Morgan fingerprint density at radius 2 is 1.43 bits per heavy atom. The second kappa shape index (κ2) is 6.43. The minimum Gasteiger partial charge on any atom is -0.524 e. The molecule has 0 amide bonds. The fraction of sp³-hybridized carbons (Fsp3) is 0.750. The summed E-state index contributed by atoms with van der Waals surface area (Å²) in [4.78, 5) is 0. The van der Waals surface area contributed by atoms with Crippen LogP contribution >= 0.6 is 0 Å². The molecule has 0 atom stereocenters. The molecular formula is C4H9CoO2-. The van der Waals surface area contributed by atoms with Gasteiger partial charge in [-0.25, -0.2) is 0 Å². The Labute approximate surface area is 54.4 Å². The smallest absolute Gasteiger partial charge is 0.00126 e. The van der Waals surface area contributed by atoms with E-state index in [-0.39, 0.29) is 16.8 Å². The van der Waals surface area contributed by atoms with E-state index in [9.17, 15) is 0 Å². The molecule has 0 saturated heterocycles. The van der Waals surface area contributed by atoms with Gasteiger partial charge in [-0.05, 0) is 0 Å². The molecule has 0 aliphatic carbocycles. The summed E-state index contributed by atoms with van der Waals surface area (Å²) in [6.45, 7) is 1.75. The molecule has 0 saturated carbocycles. The third kappa shape index (κ3) is 6.43. The Balaban J connectivity index is 0. The fourth-order valence-corrected chi connectivity index (χ4v) is 0.0833. The molecule has 1 radical (unpaired) electrons. The van der Waals surface area contributed by atoms with Crippen molar-refractivity contribution in [2.75, 3.05) is 14.2 Å². The first-order chi connectivity index (χ1) is 2.81. The third-order valence-corrected chi connectivity index (χ3v) is 0.575. The van der Waals surface area contributed by atoms with Gasteiger partial charge in [0.05, 0.1) is 0 Å². The van der Waals surface area contributed by atoms with Gasteiger partial charge in [-0.2, -0.15) is 0 Å². The fourth-order valence-electron chi connectivity index (χ4n) is 0.0833. The molecule has 0 fully saturated rings. The van der Waals surface area contributed by atoms with E-state index < -0.39 is 0 Å². The molecule has 0 rings (SSSR count). The predicted octanol–water partition coefficient (Wildman–Crippen LogP) is 0.786. The largest absolute Gasteiger partial charge is 0.524 e. The molecule has 0 aliphatic heterocycles. The first-order valence-corrected chi connectivity index (χ1v) is 1.72. The summed E-state index contributed by atoms with van der Waals surface area (Å²) >= 11 is 0. The van der Waals surface area contributed by atoms with Gasteiger partial charge >= 0.3 is 0 Å². The van der Waals surface area contributed by atoms with E-state index in [1.165, 1.54) is 0 Å². The molecule has 0 aromatic rings. The van der Waals surface area contributed by atoms with Gasteiger partial charge in [-0.3, -0.25) is 0 Å². The van der Waals surface area contributed by atoms with Crippen LogP contribution in [-0.4, -0.2) is 14.2 Å². The zero-order valence-electron chi connectivity index (χ0n) is 4.65. The number of methoxy groups -OCH3 is 2. The van der Waals surface area contributed by atoms with Crippen LogP contribution in [0.15, 0.2) is 0 Å². The minimum absolute atomic E-state index is 0. The maximum Gasteiger partial charge on any atom is 0.00126 e. The Bertz CT molecular complexity index is 28.9. The van der Waals surface area contributed by atoms with Crippen molar-refractivity contribution in [3.05, 3.63) is 6.29 Å². The number of hydrogen-bond acceptors (Lipinski definition) is 2. The zero-order valence-corrected chi connectivity index (χ0v) is 5.69. The van der Waals surface area contributed by atoms with Crippen molar-refractivity contribution in [1.29, 1.82) is 0 Å². The van der Waals surface area contributed by atoms with Crippen LogP contribution in [0, 0.1) is 6.29 Å². The first kappa shape index (κ1) is 10.4.